The normalized spacial score (nSPS) is 12.7. The molecule has 0 bridgehead atoms. The molecule has 0 aromatic rings. The van der Waals surface area contributed by atoms with Crippen LogP contribution >= 0.6 is 0 Å². The number of aliphatic carboxylic acids is 1. The second-order valence-electron chi connectivity index (χ2n) is 3.61. The molecule has 0 aliphatic heterocycles. The van der Waals surface area contributed by atoms with Gasteiger partial charge >= 0.3 is 5.97 Å². The Labute approximate surface area is 78.5 Å². The molecule has 4 heteroatoms. The van der Waals surface area contributed by atoms with Crippen LogP contribution in [0.1, 0.15) is 20.8 Å². The van der Waals surface area contributed by atoms with Gasteiger partial charge in [0.25, 0.3) is 0 Å². The molecule has 0 saturated carbocycles. The number of carboxylic acid groups (broad SMARTS) is 1. The Bertz CT molecular complexity index is 201. The van der Waals surface area contributed by atoms with Crippen LogP contribution in [0.25, 0.3) is 0 Å². The summed E-state index contributed by atoms with van der Waals surface area (Å²) in [4.78, 5) is 23.3. The van der Waals surface area contributed by atoms with Gasteiger partial charge in [0.05, 0.1) is 5.92 Å². The van der Waals surface area contributed by atoms with Gasteiger partial charge in [-0.1, -0.05) is 20.8 Å². The summed E-state index contributed by atoms with van der Waals surface area (Å²) < 4.78 is 0. The van der Waals surface area contributed by atoms with Crippen LogP contribution < -0.4 is 0 Å². The highest BCUT2D eigenvalue weighted by molar-refractivity contribution is 5.78. The summed E-state index contributed by atoms with van der Waals surface area (Å²) in [6.45, 7) is 5.45. The third kappa shape index (κ3) is 3.92. The lowest BCUT2D eigenvalue weighted by Gasteiger charge is -2.21. The number of hydrogen-bond acceptors (Lipinski definition) is 2. The van der Waals surface area contributed by atoms with Crippen LogP contribution in [-0.2, 0) is 9.59 Å². The number of carbonyl (C=O) groups is 2. The summed E-state index contributed by atoms with van der Waals surface area (Å²) >= 11 is 0. The highest BCUT2D eigenvalue weighted by Gasteiger charge is 2.18. The molecule has 0 fully saturated rings. The van der Waals surface area contributed by atoms with Crippen LogP contribution in [0.2, 0.25) is 0 Å². The predicted octanol–water partition coefficient (Wildman–Crippen LogP) is 0.821. The summed E-state index contributed by atoms with van der Waals surface area (Å²) in [5.41, 5.74) is 0. The van der Waals surface area contributed by atoms with E-state index in [0.717, 1.165) is 0 Å². The Morgan fingerprint density at radius 3 is 2.08 bits per heavy atom. The zero-order valence-corrected chi connectivity index (χ0v) is 8.57. The van der Waals surface area contributed by atoms with Crippen molar-refractivity contribution in [3.8, 4) is 0 Å². The zero-order chi connectivity index (χ0) is 10.6. The van der Waals surface area contributed by atoms with Gasteiger partial charge in [-0.25, -0.2) is 0 Å². The Balaban J connectivity index is 4.07. The lowest BCUT2D eigenvalue weighted by atomic mass is 10.1. The van der Waals surface area contributed by atoms with Crippen LogP contribution in [-0.4, -0.2) is 35.5 Å². The number of amides is 1. The van der Waals surface area contributed by atoms with Crippen LogP contribution in [0.4, 0.5) is 0 Å². The van der Waals surface area contributed by atoms with Crippen molar-refractivity contribution in [2.75, 3.05) is 13.6 Å². The quantitative estimate of drug-likeness (QED) is 0.709. The number of rotatable bonds is 4. The van der Waals surface area contributed by atoms with Gasteiger partial charge in [0.15, 0.2) is 0 Å². The molecule has 1 amide bonds. The molecule has 4 nitrogen and oxygen atoms in total. The molecule has 76 valence electrons. The van der Waals surface area contributed by atoms with Crippen molar-refractivity contribution in [3.63, 3.8) is 0 Å². The highest BCUT2D eigenvalue weighted by atomic mass is 16.4. The lowest BCUT2D eigenvalue weighted by Crippen LogP contribution is -2.36. The van der Waals surface area contributed by atoms with Crippen molar-refractivity contribution in [1.29, 1.82) is 0 Å². The first-order valence-electron chi connectivity index (χ1n) is 4.34. The van der Waals surface area contributed by atoms with E-state index in [1.807, 2.05) is 0 Å². The second kappa shape index (κ2) is 4.84. The molecular weight excluding hydrogens is 170 g/mol. The van der Waals surface area contributed by atoms with E-state index in [1.54, 1.807) is 27.8 Å². The fourth-order valence-corrected chi connectivity index (χ4v) is 1.02. The topological polar surface area (TPSA) is 57.6 Å². The average Bonchev–Trinajstić information content (AvgIpc) is 2.02. The van der Waals surface area contributed by atoms with Gasteiger partial charge in [0.2, 0.25) is 5.91 Å². The van der Waals surface area contributed by atoms with Crippen molar-refractivity contribution in [2.24, 2.45) is 11.8 Å². The van der Waals surface area contributed by atoms with Crippen LogP contribution in [0, 0.1) is 11.8 Å². The SMILES string of the molecule is CC(C)C(=O)N(C)CC(C)C(=O)O. The first kappa shape index (κ1) is 11.9. The standard InChI is InChI=1S/C9H17NO3/c1-6(2)8(11)10(4)5-7(3)9(12)13/h6-7H,5H2,1-4H3,(H,12,13). The molecule has 0 aliphatic carbocycles. The molecule has 0 aliphatic rings. The molecule has 0 heterocycles. The van der Waals surface area contributed by atoms with Crippen LogP contribution in [0.5, 0.6) is 0 Å². The molecule has 1 unspecified atom stereocenters. The molecule has 0 aromatic carbocycles. The summed E-state index contributed by atoms with van der Waals surface area (Å²) in [5, 5.41) is 8.61. The maximum atomic E-state index is 11.3. The number of hydrogen-bond donors (Lipinski definition) is 1. The second-order valence-corrected chi connectivity index (χ2v) is 3.61. The van der Waals surface area contributed by atoms with E-state index in [2.05, 4.69) is 0 Å². The summed E-state index contributed by atoms with van der Waals surface area (Å²) in [7, 11) is 1.63. The fourth-order valence-electron chi connectivity index (χ4n) is 1.02. The monoisotopic (exact) mass is 187 g/mol. The van der Waals surface area contributed by atoms with Gasteiger partial charge in [-0.2, -0.15) is 0 Å². The summed E-state index contributed by atoms with van der Waals surface area (Å²) in [5.74, 6) is -1.48. The zero-order valence-electron chi connectivity index (χ0n) is 8.57. The maximum absolute atomic E-state index is 11.3. The van der Waals surface area contributed by atoms with E-state index >= 15 is 0 Å². The van der Waals surface area contributed by atoms with Gasteiger partial charge in [0.1, 0.15) is 0 Å². The highest BCUT2D eigenvalue weighted by Crippen LogP contribution is 2.03. The molecule has 0 rings (SSSR count). The van der Waals surface area contributed by atoms with Crippen LogP contribution in [0.15, 0.2) is 0 Å². The molecule has 0 radical (unpaired) electrons. The first-order valence-corrected chi connectivity index (χ1v) is 4.34. The molecule has 0 spiro atoms. The third-order valence-electron chi connectivity index (χ3n) is 1.84. The van der Waals surface area contributed by atoms with Crippen molar-refractivity contribution >= 4 is 11.9 Å². The van der Waals surface area contributed by atoms with Gasteiger partial charge in [-0.15, -0.1) is 0 Å². The Morgan fingerprint density at radius 2 is 1.77 bits per heavy atom. The van der Waals surface area contributed by atoms with Crippen molar-refractivity contribution < 1.29 is 14.7 Å². The van der Waals surface area contributed by atoms with Crippen molar-refractivity contribution in [2.45, 2.75) is 20.8 Å². The van der Waals surface area contributed by atoms with E-state index in [4.69, 9.17) is 5.11 Å². The minimum absolute atomic E-state index is 0.0203. The molecular formula is C9H17NO3. The fraction of sp³-hybridized carbons (Fsp3) is 0.778. The Hall–Kier alpha value is -1.06. The van der Waals surface area contributed by atoms with Crippen LogP contribution in [0.3, 0.4) is 0 Å². The predicted molar refractivity (Wildman–Crippen MR) is 49.3 cm³/mol. The largest absolute Gasteiger partial charge is 0.481 e. The van der Waals surface area contributed by atoms with Crippen molar-refractivity contribution in [3.05, 3.63) is 0 Å². The Morgan fingerprint density at radius 1 is 1.31 bits per heavy atom. The summed E-state index contributed by atoms with van der Waals surface area (Å²) in [6.07, 6.45) is 0. The molecule has 1 atom stereocenters. The number of nitrogens with zero attached hydrogens (tertiary/aromatic N) is 1. The minimum atomic E-state index is -0.872. The number of carboxylic acids is 1. The summed E-state index contributed by atoms with van der Waals surface area (Å²) in [6, 6.07) is 0. The van der Waals surface area contributed by atoms with E-state index in [9.17, 15) is 9.59 Å². The van der Waals surface area contributed by atoms with Crippen molar-refractivity contribution in [1.82, 2.24) is 4.90 Å². The average molecular weight is 187 g/mol. The van der Waals surface area contributed by atoms with E-state index in [1.165, 1.54) is 4.90 Å². The molecule has 0 aromatic heterocycles. The van der Waals surface area contributed by atoms with Gasteiger partial charge in [-0.3, -0.25) is 9.59 Å². The third-order valence-corrected chi connectivity index (χ3v) is 1.84. The molecule has 13 heavy (non-hydrogen) atoms. The van der Waals surface area contributed by atoms with E-state index in [0.29, 0.717) is 0 Å². The number of carbonyl (C=O) groups excluding carboxylic acids is 1. The molecule has 0 saturated heterocycles. The van der Waals surface area contributed by atoms with Gasteiger partial charge in [0, 0.05) is 19.5 Å². The smallest absolute Gasteiger partial charge is 0.308 e. The van der Waals surface area contributed by atoms with E-state index in [-0.39, 0.29) is 18.4 Å². The maximum Gasteiger partial charge on any atom is 0.308 e. The van der Waals surface area contributed by atoms with Gasteiger partial charge < -0.3 is 10.0 Å². The first-order chi connectivity index (χ1) is 5.86. The lowest BCUT2D eigenvalue weighted by molar-refractivity contribution is -0.143. The minimum Gasteiger partial charge on any atom is -0.481 e. The van der Waals surface area contributed by atoms with Gasteiger partial charge in [-0.05, 0) is 0 Å². The van der Waals surface area contributed by atoms with E-state index < -0.39 is 11.9 Å². The Kier molecular flexibility index (Phi) is 4.45. The molecule has 1 N–H and O–H groups in total.